The van der Waals surface area contributed by atoms with Gasteiger partial charge >= 0.3 is 5.97 Å². The zero-order valence-corrected chi connectivity index (χ0v) is 15.0. The van der Waals surface area contributed by atoms with Crippen molar-refractivity contribution in [2.45, 2.75) is 6.92 Å². The van der Waals surface area contributed by atoms with Crippen LogP contribution in [0.4, 0.5) is 5.82 Å². The van der Waals surface area contributed by atoms with Gasteiger partial charge in [0.25, 0.3) is 5.91 Å². The third-order valence-electron chi connectivity index (χ3n) is 3.44. The summed E-state index contributed by atoms with van der Waals surface area (Å²) in [6.45, 7) is 1.97. The number of nitrogens with one attached hydrogen (secondary N) is 1. The van der Waals surface area contributed by atoms with Crippen LogP contribution in [0.25, 0.3) is 0 Å². The lowest BCUT2D eigenvalue weighted by atomic mass is 10.1. The van der Waals surface area contributed by atoms with Crippen molar-refractivity contribution in [1.82, 2.24) is 4.98 Å². The molecule has 1 aromatic carbocycles. The number of methoxy groups -OCH3 is 3. The number of hydrogen-bond acceptors (Lipinski definition) is 7. The number of amides is 1. The summed E-state index contributed by atoms with van der Waals surface area (Å²) >= 11 is 0. The van der Waals surface area contributed by atoms with Crippen molar-refractivity contribution in [3.05, 3.63) is 41.6 Å². The summed E-state index contributed by atoms with van der Waals surface area (Å²) in [7, 11) is 4.40. The lowest BCUT2D eigenvalue weighted by molar-refractivity contribution is 0.0526. The number of ether oxygens (including phenoxy) is 4. The molecule has 0 aliphatic carbocycles. The highest BCUT2D eigenvalue weighted by Crippen LogP contribution is 2.38. The van der Waals surface area contributed by atoms with Crippen LogP contribution in [0.5, 0.6) is 17.2 Å². The molecule has 2 rings (SSSR count). The van der Waals surface area contributed by atoms with Gasteiger partial charge in [-0.15, -0.1) is 0 Å². The van der Waals surface area contributed by atoms with Gasteiger partial charge in [0.1, 0.15) is 5.82 Å². The Morgan fingerprint density at radius 3 is 2.19 bits per heavy atom. The maximum atomic E-state index is 12.5. The van der Waals surface area contributed by atoms with Crippen molar-refractivity contribution in [3.63, 3.8) is 0 Å². The molecule has 0 aliphatic heterocycles. The molecular formula is C18H20N2O6. The molecule has 138 valence electrons. The first kappa shape index (κ1) is 19.0. The minimum absolute atomic E-state index is 0.217. The predicted octanol–water partition coefficient (Wildman–Crippen LogP) is 2.54. The Morgan fingerprint density at radius 2 is 1.65 bits per heavy atom. The first-order valence-corrected chi connectivity index (χ1v) is 7.78. The molecule has 1 N–H and O–H groups in total. The second-order valence-electron chi connectivity index (χ2n) is 5.02. The SMILES string of the molecule is CCOC(=O)c1ccnc(NC(=O)c2cc(OC)c(OC)c(OC)c2)c1. The molecule has 1 heterocycles. The zero-order chi connectivity index (χ0) is 19.1. The Morgan fingerprint density at radius 1 is 1.00 bits per heavy atom. The summed E-state index contributed by atoms with van der Waals surface area (Å²) in [5, 5.41) is 2.63. The largest absolute Gasteiger partial charge is 0.493 e. The number of rotatable bonds is 7. The van der Waals surface area contributed by atoms with E-state index in [2.05, 4.69) is 10.3 Å². The van der Waals surface area contributed by atoms with E-state index in [0.717, 1.165) is 0 Å². The summed E-state index contributed by atoms with van der Waals surface area (Å²) in [5.74, 6) is 0.370. The summed E-state index contributed by atoms with van der Waals surface area (Å²) < 4.78 is 20.6. The zero-order valence-electron chi connectivity index (χ0n) is 15.0. The van der Waals surface area contributed by atoms with E-state index in [1.165, 1.54) is 51.8 Å². The van der Waals surface area contributed by atoms with E-state index in [1.54, 1.807) is 6.92 Å². The standard InChI is InChI=1S/C18H20N2O6/c1-5-26-18(22)11-6-7-19-15(10-11)20-17(21)12-8-13(23-2)16(25-4)14(9-12)24-3/h6-10H,5H2,1-4H3,(H,19,20,21). The molecule has 8 heteroatoms. The van der Waals surface area contributed by atoms with Gasteiger partial charge in [-0.05, 0) is 31.2 Å². The monoisotopic (exact) mass is 360 g/mol. The van der Waals surface area contributed by atoms with Gasteiger partial charge in [0.05, 0.1) is 33.5 Å². The number of hydrogen-bond donors (Lipinski definition) is 1. The Balaban J connectivity index is 2.28. The van der Waals surface area contributed by atoms with Crippen molar-refractivity contribution < 1.29 is 28.5 Å². The topological polar surface area (TPSA) is 96.0 Å². The molecule has 0 radical (unpaired) electrons. The van der Waals surface area contributed by atoms with Gasteiger partial charge < -0.3 is 24.3 Å². The molecule has 2 aromatic rings. The van der Waals surface area contributed by atoms with Crippen molar-refractivity contribution in [2.24, 2.45) is 0 Å². The minimum atomic E-state index is -0.488. The number of esters is 1. The Hall–Kier alpha value is -3.29. The first-order chi connectivity index (χ1) is 12.5. The molecule has 0 unspecified atom stereocenters. The number of carbonyl (C=O) groups excluding carboxylic acids is 2. The van der Waals surface area contributed by atoms with Crippen molar-refractivity contribution >= 4 is 17.7 Å². The van der Waals surface area contributed by atoms with Gasteiger partial charge in [-0.3, -0.25) is 4.79 Å². The Labute approximate surface area is 151 Å². The maximum absolute atomic E-state index is 12.5. The molecule has 26 heavy (non-hydrogen) atoms. The van der Waals surface area contributed by atoms with Crippen LogP contribution in [0.15, 0.2) is 30.5 Å². The van der Waals surface area contributed by atoms with Crippen LogP contribution in [-0.4, -0.2) is 44.8 Å². The summed E-state index contributed by atoms with van der Waals surface area (Å²) in [6, 6.07) is 5.98. The lowest BCUT2D eigenvalue weighted by Crippen LogP contribution is -2.14. The smallest absolute Gasteiger partial charge is 0.338 e. The summed E-state index contributed by atoms with van der Waals surface area (Å²) in [5.41, 5.74) is 0.574. The van der Waals surface area contributed by atoms with E-state index in [1.807, 2.05) is 0 Å². The van der Waals surface area contributed by atoms with E-state index in [-0.39, 0.29) is 18.0 Å². The molecule has 0 bridgehead atoms. The number of anilines is 1. The third-order valence-corrected chi connectivity index (χ3v) is 3.44. The highest BCUT2D eigenvalue weighted by Gasteiger charge is 2.18. The molecular weight excluding hydrogens is 340 g/mol. The van der Waals surface area contributed by atoms with Gasteiger partial charge in [0.2, 0.25) is 5.75 Å². The molecule has 8 nitrogen and oxygen atoms in total. The van der Waals surface area contributed by atoms with Gasteiger partial charge in [-0.2, -0.15) is 0 Å². The molecule has 0 aliphatic rings. The summed E-state index contributed by atoms with van der Waals surface area (Å²) in [6.07, 6.45) is 1.41. The number of nitrogens with zero attached hydrogens (tertiary/aromatic N) is 1. The fraction of sp³-hybridized carbons (Fsp3) is 0.278. The minimum Gasteiger partial charge on any atom is -0.493 e. The van der Waals surface area contributed by atoms with E-state index < -0.39 is 11.9 Å². The lowest BCUT2D eigenvalue weighted by Gasteiger charge is -2.14. The van der Waals surface area contributed by atoms with Gasteiger partial charge in [-0.1, -0.05) is 0 Å². The molecule has 1 aromatic heterocycles. The molecule has 0 spiro atoms. The second-order valence-corrected chi connectivity index (χ2v) is 5.02. The van der Waals surface area contributed by atoms with E-state index >= 15 is 0 Å². The van der Waals surface area contributed by atoms with E-state index in [0.29, 0.717) is 22.8 Å². The Bertz CT molecular complexity index is 781. The first-order valence-electron chi connectivity index (χ1n) is 7.78. The van der Waals surface area contributed by atoms with Gasteiger partial charge in [-0.25, -0.2) is 9.78 Å². The molecule has 0 atom stereocenters. The second kappa shape index (κ2) is 8.70. The number of pyridine rings is 1. The molecule has 1 amide bonds. The highest BCUT2D eigenvalue weighted by atomic mass is 16.5. The third kappa shape index (κ3) is 4.21. The van der Waals surface area contributed by atoms with Crippen LogP contribution in [0.2, 0.25) is 0 Å². The predicted molar refractivity (Wildman–Crippen MR) is 94.2 cm³/mol. The van der Waals surface area contributed by atoms with Crippen molar-refractivity contribution in [1.29, 1.82) is 0 Å². The molecule has 0 saturated heterocycles. The highest BCUT2D eigenvalue weighted by molar-refractivity contribution is 6.05. The van der Waals surface area contributed by atoms with Gasteiger partial charge in [0, 0.05) is 11.8 Å². The van der Waals surface area contributed by atoms with E-state index in [4.69, 9.17) is 18.9 Å². The maximum Gasteiger partial charge on any atom is 0.338 e. The number of benzene rings is 1. The van der Waals surface area contributed by atoms with Crippen molar-refractivity contribution in [2.75, 3.05) is 33.3 Å². The van der Waals surface area contributed by atoms with Crippen LogP contribution in [0.3, 0.4) is 0 Å². The van der Waals surface area contributed by atoms with Crippen LogP contribution >= 0.6 is 0 Å². The normalized spacial score (nSPS) is 10.0. The van der Waals surface area contributed by atoms with Crippen LogP contribution < -0.4 is 19.5 Å². The van der Waals surface area contributed by atoms with Crippen LogP contribution in [-0.2, 0) is 4.74 Å². The fourth-order valence-corrected chi connectivity index (χ4v) is 2.24. The number of aromatic nitrogens is 1. The summed E-state index contributed by atoms with van der Waals surface area (Å²) in [4.78, 5) is 28.4. The molecule has 0 saturated carbocycles. The van der Waals surface area contributed by atoms with Crippen LogP contribution in [0.1, 0.15) is 27.6 Å². The van der Waals surface area contributed by atoms with E-state index in [9.17, 15) is 9.59 Å². The number of carbonyl (C=O) groups is 2. The molecule has 0 fully saturated rings. The average Bonchev–Trinajstić information content (AvgIpc) is 2.67. The van der Waals surface area contributed by atoms with Crippen LogP contribution in [0, 0.1) is 0 Å². The van der Waals surface area contributed by atoms with Gasteiger partial charge in [0.15, 0.2) is 11.5 Å². The quantitative estimate of drug-likeness (QED) is 0.758. The van der Waals surface area contributed by atoms with Crippen molar-refractivity contribution in [3.8, 4) is 17.2 Å². The Kier molecular flexibility index (Phi) is 6.37. The fourth-order valence-electron chi connectivity index (χ4n) is 2.24. The average molecular weight is 360 g/mol.